The van der Waals surface area contributed by atoms with Crippen LogP contribution in [-0.2, 0) is 9.59 Å². The van der Waals surface area contributed by atoms with Crippen LogP contribution in [0.5, 0.6) is 0 Å². The van der Waals surface area contributed by atoms with E-state index >= 15 is 0 Å². The van der Waals surface area contributed by atoms with Crippen molar-refractivity contribution in [2.75, 3.05) is 0 Å². The normalized spacial score (nSPS) is 10.2. The van der Waals surface area contributed by atoms with E-state index in [4.69, 9.17) is 17.3 Å². The number of carbonyl (C=O) groups excluding carboxylic acids is 2. The number of nitrogens with one attached hydrogen (secondary N) is 1. The molecule has 0 aliphatic heterocycles. The van der Waals surface area contributed by atoms with Crippen LogP contribution in [0.1, 0.15) is 5.56 Å². The summed E-state index contributed by atoms with van der Waals surface area (Å²) in [5.41, 5.74) is 7.40. The average Bonchev–Trinajstić information content (AvgIpc) is 2.20. The highest BCUT2D eigenvalue weighted by atomic mass is 35.5. The molecule has 2 amide bonds. The van der Waals surface area contributed by atoms with E-state index in [2.05, 4.69) is 5.10 Å². The zero-order valence-corrected chi connectivity index (χ0v) is 8.36. The molecule has 3 N–H and O–H groups in total. The van der Waals surface area contributed by atoms with Gasteiger partial charge in [-0.05, 0) is 17.7 Å². The van der Waals surface area contributed by atoms with Crippen LogP contribution in [0, 0.1) is 0 Å². The van der Waals surface area contributed by atoms with Crippen LogP contribution in [0.3, 0.4) is 0 Å². The summed E-state index contributed by atoms with van der Waals surface area (Å²) in [4.78, 5) is 21.0. The molecule has 0 bridgehead atoms. The molecule has 0 radical (unpaired) electrons. The highest BCUT2D eigenvalue weighted by Gasteiger charge is 2.04. The van der Waals surface area contributed by atoms with E-state index in [1.165, 1.54) is 6.21 Å². The van der Waals surface area contributed by atoms with Gasteiger partial charge in [-0.2, -0.15) is 5.10 Å². The number of hydrogen-bond donors (Lipinski definition) is 2. The molecule has 0 saturated heterocycles. The number of hydrogen-bond acceptors (Lipinski definition) is 3. The summed E-state index contributed by atoms with van der Waals surface area (Å²) in [6.45, 7) is 0. The first-order valence-electron chi connectivity index (χ1n) is 3.98. The molecule has 1 aromatic rings. The molecule has 0 aliphatic carbocycles. The van der Waals surface area contributed by atoms with Gasteiger partial charge in [0.05, 0.1) is 6.21 Å². The Morgan fingerprint density at radius 3 is 2.47 bits per heavy atom. The fraction of sp³-hybridized carbons (Fsp3) is 0. The van der Waals surface area contributed by atoms with Crippen LogP contribution < -0.4 is 11.2 Å². The molecular formula is C9H8ClN3O2. The van der Waals surface area contributed by atoms with Crippen molar-refractivity contribution in [2.24, 2.45) is 10.8 Å². The van der Waals surface area contributed by atoms with Gasteiger partial charge in [0.2, 0.25) is 0 Å². The summed E-state index contributed by atoms with van der Waals surface area (Å²) in [7, 11) is 0. The van der Waals surface area contributed by atoms with Crippen molar-refractivity contribution < 1.29 is 9.59 Å². The molecule has 1 aromatic carbocycles. The molecule has 0 heterocycles. The number of primary amides is 1. The third-order valence-electron chi connectivity index (χ3n) is 1.47. The van der Waals surface area contributed by atoms with E-state index in [1.54, 1.807) is 24.3 Å². The Morgan fingerprint density at radius 1 is 1.33 bits per heavy atom. The number of benzene rings is 1. The van der Waals surface area contributed by atoms with Gasteiger partial charge in [-0.25, -0.2) is 5.43 Å². The second-order valence-electron chi connectivity index (χ2n) is 2.61. The van der Waals surface area contributed by atoms with Gasteiger partial charge < -0.3 is 5.73 Å². The Balaban J connectivity index is 2.55. The second kappa shape index (κ2) is 5.11. The van der Waals surface area contributed by atoms with Gasteiger partial charge in [0, 0.05) is 5.02 Å². The largest absolute Gasteiger partial charge is 0.361 e. The quantitative estimate of drug-likeness (QED) is 0.430. The number of hydrazone groups is 1. The fourth-order valence-electron chi connectivity index (χ4n) is 0.769. The van der Waals surface area contributed by atoms with Gasteiger partial charge in [-0.1, -0.05) is 23.7 Å². The smallest absolute Gasteiger partial charge is 0.329 e. The standard InChI is InChI=1S/C9H8ClN3O2/c10-7-3-1-6(2-4-7)5-12-13-9(15)8(11)14/h1-5H,(H2,11,14)(H,13,15). The highest BCUT2D eigenvalue weighted by molar-refractivity contribution is 6.34. The van der Waals surface area contributed by atoms with Crippen molar-refractivity contribution in [3.63, 3.8) is 0 Å². The topological polar surface area (TPSA) is 84.5 Å². The SMILES string of the molecule is NC(=O)C(=O)NN=Cc1ccc(Cl)cc1. The Labute approximate surface area is 90.9 Å². The van der Waals surface area contributed by atoms with Crippen LogP contribution >= 0.6 is 11.6 Å². The van der Waals surface area contributed by atoms with E-state index in [9.17, 15) is 9.59 Å². The van der Waals surface area contributed by atoms with Crippen LogP contribution in [0.25, 0.3) is 0 Å². The van der Waals surface area contributed by atoms with E-state index in [0.717, 1.165) is 5.56 Å². The van der Waals surface area contributed by atoms with E-state index in [-0.39, 0.29) is 0 Å². The fourth-order valence-corrected chi connectivity index (χ4v) is 0.895. The first-order valence-corrected chi connectivity index (χ1v) is 4.36. The van der Waals surface area contributed by atoms with Gasteiger partial charge in [0.25, 0.3) is 0 Å². The molecule has 0 aliphatic rings. The molecule has 5 nitrogen and oxygen atoms in total. The monoisotopic (exact) mass is 225 g/mol. The zero-order valence-electron chi connectivity index (χ0n) is 7.61. The molecule has 0 unspecified atom stereocenters. The number of amides is 2. The molecule has 0 saturated carbocycles. The first-order chi connectivity index (χ1) is 7.09. The Kier molecular flexibility index (Phi) is 3.82. The highest BCUT2D eigenvalue weighted by Crippen LogP contribution is 2.07. The van der Waals surface area contributed by atoms with Crippen molar-refractivity contribution in [3.8, 4) is 0 Å². The summed E-state index contributed by atoms with van der Waals surface area (Å²) in [6.07, 6.45) is 1.37. The minimum atomic E-state index is -1.08. The van der Waals surface area contributed by atoms with Crippen molar-refractivity contribution in [1.82, 2.24) is 5.43 Å². The maximum absolute atomic E-state index is 10.7. The van der Waals surface area contributed by atoms with Gasteiger partial charge >= 0.3 is 11.8 Å². The molecule has 0 atom stereocenters. The predicted octanol–water partition coefficient (Wildman–Crippen LogP) is 0.275. The van der Waals surface area contributed by atoms with Crippen molar-refractivity contribution in [1.29, 1.82) is 0 Å². The molecule has 1 rings (SSSR count). The van der Waals surface area contributed by atoms with Crippen molar-refractivity contribution >= 4 is 29.6 Å². The van der Waals surface area contributed by atoms with Gasteiger partial charge in [-0.15, -0.1) is 0 Å². The molecule has 6 heteroatoms. The minimum Gasteiger partial charge on any atom is -0.361 e. The van der Waals surface area contributed by atoms with E-state index < -0.39 is 11.8 Å². The second-order valence-corrected chi connectivity index (χ2v) is 3.05. The summed E-state index contributed by atoms with van der Waals surface area (Å²) in [5.74, 6) is -2.04. The van der Waals surface area contributed by atoms with E-state index in [1.807, 2.05) is 5.43 Å². The van der Waals surface area contributed by atoms with Crippen LogP contribution in [0.4, 0.5) is 0 Å². The Bertz CT molecular complexity index is 400. The Morgan fingerprint density at radius 2 is 1.93 bits per heavy atom. The van der Waals surface area contributed by atoms with Crippen molar-refractivity contribution in [2.45, 2.75) is 0 Å². The number of halogens is 1. The zero-order chi connectivity index (χ0) is 11.3. The number of rotatable bonds is 2. The molecule has 0 spiro atoms. The van der Waals surface area contributed by atoms with Gasteiger partial charge in [0.15, 0.2) is 0 Å². The van der Waals surface area contributed by atoms with E-state index in [0.29, 0.717) is 5.02 Å². The van der Waals surface area contributed by atoms with Crippen LogP contribution in [0.15, 0.2) is 29.4 Å². The van der Waals surface area contributed by atoms with Gasteiger partial charge in [0.1, 0.15) is 0 Å². The number of nitrogens with zero attached hydrogens (tertiary/aromatic N) is 1. The summed E-state index contributed by atoms with van der Waals surface area (Å²) >= 11 is 5.66. The van der Waals surface area contributed by atoms with Crippen LogP contribution in [-0.4, -0.2) is 18.0 Å². The third-order valence-corrected chi connectivity index (χ3v) is 1.73. The maximum Gasteiger partial charge on any atom is 0.329 e. The summed E-state index contributed by atoms with van der Waals surface area (Å²) in [5, 5.41) is 4.13. The maximum atomic E-state index is 10.7. The lowest BCUT2D eigenvalue weighted by atomic mass is 10.2. The molecule has 78 valence electrons. The van der Waals surface area contributed by atoms with Gasteiger partial charge in [-0.3, -0.25) is 9.59 Å². The molecular weight excluding hydrogens is 218 g/mol. The lowest BCUT2D eigenvalue weighted by molar-refractivity contribution is -0.137. The molecule has 0 fully saturated rings. The minimum absolute atomic E-state index is 0.605. The number of carbonyl (C=O) groups is 2. The van der Waals surface area contributed by atoms with Crippen molar-refractivity contribution in [3.05, 3.63) is 34.9 Å². The average molecular weight is 226 g/mol. The lowest BCUT2D eigenvalue weighted by Gasteiger charge is -1.94. The summed E-state index contributed by atoms with van der Waals surface area (Å²) < 4.78 is 0. The first kappa shape index (κ1) is 11.2. The third kappa shape index (κ3) is 3.78. The Hall–Kier alpha value is -1.88. The molecule has 0 aromatic heterocycles. The lowest BCUT2D eigenvalue weighted by Crippen LogP contribution is -2.32. The molecule has 15 heavy (non-hydrogen) atoms. The summed E-state index contributed by atoms with van der Waals surface area (Å²) in [6, 6.07) is 6.78. The number of nitrogens with two attached hydrogens (primary N) is 1. The predicted molar refractivity (Wildman–Crippen MR) is 56.4 cm³/mol. The van der Waals surface area contributed by atoms with Crippen LogP contribution in [0.2, 0.25) is 5.02 Å².